The van der Waals surface area contributed by atoms with Crippen LogP contribution in [0.5, 0.6) is 0 Å². The molecule has 1 unspecified atom stereocenters. The second kappa shape index (κ2) is 4.88. The van der Waals surface area contributed by atoms with Crippen molar-refractivity contribution in [2.45, 2.75) is 32.1 Å². The summed E-state index contributed by atoms with van der Waals surface area (Å²) in [4.78, 5) is 12.4. The van der Waals surface area contributed by atoms with Gasteiger partial charge in [-0.15, -0.1) is 0 Å². The van der Waals surface area contributed by atoms with Gasteiger partial charge in [0.1, 0.15) is 0 Å². The molecule has 0 aromatic carbocycles. The fraction of sp³-hybridized carbons (Fsp3) is 0.900. The van der Waals surface area contributed by atoms with E-state index in [0.29, 0.717) is 13.1 Å². The SMILES string of the molecule is CC(F)(F)CCN1CCC(CC(=O)O)C1. The van der Waals surface area contributed by atoms with Crippen molar-refractivity contribution in [3.05, 3.63) is 0 Å². The van der Waals surface area contributed by atoms with Crippen LogP contribution in [0.25, 0.3) is 0 Å². The molecule has 1 rings (SSSR count). The average Bonchev–Trinajstić information content (AvgIpc) is 2.46. The number of carboxylic acids is 1. The van der Waals surface area contributed by atoms with E-state index >= 15 is 0 Å². The number of carboxylic acid groups (broad SMARTS) is 1. The molecule has 0 amide bonds. The highest BCUT2D eigenvalue weighted by Gasteiger charge is 2.27. The van der Waals surface area contributed by atoms with Crippen molar-refractivity contribution < 1.29 is 18.7 Å². The molecule has 0 aliphatic carbocycles. The normalized spacial score (nSPS) is 23.3. The Balaban J connectivity index is 2.22. The quantitative estimate of drug-likeness (QED) is 0.770. The van der Waals surface area contributed by atoms with Gasteiger partial charge in [-0.05, 0) is 25.8 Å². The summed E-state index contributed by atoms with van der Waals surface area (Å²) < 4.78 is 25.1. The van der Waals surface area contributed by atoms with Crippen LogP contribution in [0.1, 0.15) is 26.2 Å². The van der Waals surface area contributed by atoms with Crippen LogP contribution in [0.4, 0.5) is 8.78 Å². The monoisotopic (exact) mass is 221 g/mol. The highest BCUT2D eigenvalue weighted by molar-refractivity contribution is 5.67. The number of alkyl halides is 2. The van der Waals surface area contributed by atoms with Crippen molar-refractivity contribution in [3.63, 3.8) is 0 Å². The van der Waals surface area contributed by atoms with Crippen molar-refractivity contribution >= 4 is 5.97 Å². The lowest BCUT2D eigenvalue weighted by molar-refractivity contribution is -0.138. The predicted molar refractivity (Wildman–Crippen MR) is 52.0 cm³/mol. The Bertz CT molecular complexity index is 228. The number of carbonyl (C=O) groups is 1. The molecule has 1 fully saturated rings. The average molecular weight is 221 g/mol. The summed E-state index contributed by atoms with van der Waals surface area (Å²) in [7, 11) is 0. The van der Waals surface area contributed by atoms with Crippen LogP contribution >= 0.6 is 0 Å². The van der Waals surface area contributed by atoms with E-state index in [0.717, 1.165) is 19.9 Å². The Morgan fingerprint density at radius 1 is 1.60 bits per heavy atom. The third kappa shape index (κ3) is 5.06. The molecule has 0 aromatic heterocycles. The third-order valence-corrected chi connectivity index (χ3v) is 2.70. The van der Waals surface area contributed by atoms with Gasteiger partial charge in [-0.25, -0.2) is 8.78 Å². The first kappa shape index (κ1) is 12.4. The van der Waals surface area contributed by atoms with Gasteiger partial charge in [0.2, 0.25) is 5.92 Å². The Kier molecular flexibility index (Phi) is 4.02. The van der Waals surface area contributed by atoms with Crippen LogP contribution in [0.15, 0.2) is 0 Å². The van der Waals surface area contributed by atoms with E-state index in [1.807, 2.05) is 4.90 Å². The van der Waals surface area contributed by atoms with Gasteiger partial charge in [-0.1, -0.05) is 0 Å². The second-order valence-corrected chi connectivity index (χ2v) is 4.37. The predicted octanol–water partition coefficient (Wildman–Crippen LogP) is 1.83. The molecular weight excluding hydrogens is 204 g/mol. The molecule has 0 spiro atoms. The van der Waals surface area contributed by atoms with Crippen molar-refractivity contribution in [2.24, 2.45) is 5.92 Å². The fourth-order valence-corrected chi connectivity index (χ4v) is 1.88. The number of hydrogen-bond acceptors (Lipinski definition) is 2. The third-order valence-electron chi connectivity index (χ3n) is 2.70. The zero-order chi connectivity index (χ0) is 11.5. The minimum atomic E-state index is -2.62. The van der Waals surface area contributed by atoms with Crippen molar-refractivity contribution in [1.82, 2.24) is 4.90 Å². The van der Waals surface area contributed by atoms with E-state index in [4.69, 9.17) is 5.11 Å². The number of rotatable bonds is 5. The largest absolute Gasteiger partial charge is 0.481 e. The topological polar surface area (TPSA) is 40.5 Å². The molecule has 0 bridgehead atoms. The number of likely N-dealkylation sites (tertiary alicyclic amines) is 1. The summed E-state index contributed by atoms with van der Waals surface area (Å²) in [5, 5.41) is 8.58. The van der Waals surface area contributed by atoms with Gasteiger partial charge >= 0.3 is 5.97 Å². The maximum Gasteiger partial charge on any atom is 0.303 e. The summed E-state index contributed by atoms with van der Waals surface area (Å²) in [6.07, 6.45) is 0.813. The zero-order valence-corrected chi connectivity index (χ0v) is 8.88. The Hall–Kier alpha value is -0.710. The minimum absolute atomic E-state index is 0.132. The van der Waals surface area contributed by atoms with Crippen LogP contribution in [-0.4, -0.2) is 41.5 Å². The van der Waals surface area contributed by atoms with Gasteiger partial charge in [0.05, 0.1) is 0 Å². The maximum absolute atomic E-state index is 12.6. The molecule has 1 atom stereocenters. The molecule has 3 nitrogen and oxygen atoms in total. The number of hydrogen-bond donors (Lipinski definition) is 1. The van der Waals surface area contributed by atoms with Gasteiger partial charge in [-0.3, -0.25) is 4.79 Å². The maximum atomic E-state index is 12.6. The molecule has 0 aromatic rings. The van der Waals surface area contributed by atoms with Gasteiger partial charge < -0.3 is 10.0 Å². The second-order valence-electron chi connectivity index (χ2n) is 4.37. The molecule has 1 aliphatic heterocycles. The first-order chi connectivity index (χ1) is 6.87. The van der Waals surface area contributed by atoms with Crippen molar-refractivity contribution in [3.8, 4) is 0 Å². The summed E-state index contributed by atoms with van der Waals surface area (Å²) in [5.41, 5.74) is 0. The standard InChI is InChI=1S/C10H17F2NO2/c1-10(11,12)3-5-13-4-2-8(7-13)6-9(14)15/h8H,2-7H2,1H3,(H,14,15). The summed E-state index contributed by atoms with van der Waals surface area (Å²) >= 11 is 0. The van der Waals surface area contributed by atoms with Crippen molar-refractivity contribution in [1.29, 1.82) is 0 Å². The Morgan fingerprint density at radius 3 is 2.80 bits per heavy atom. The van der Waals surface area contributed by atoms with E-state index in [1.54, 1.807) is 0 Å². The first-order valence-corrected chi connectivity index (χ1v) is 5.19. The van der Waals surface area contributed by atoms with Gasteiger partial charge in [0.25, 0.3) is 0 Å². The number of aliphatic carboxylic acids is 1. The van der Waals surface area contributed by atoms with E-state index in [2.05, 4.69) is 0 Å². The lowest BCUT2D eigenvalue weighted by Gasteiger charge is -2.18. The molecule has 1 heterocycles. The molecule has 1 saturated heterocycles. The Labute approximate surface area is 88.1 Å². The molecule has 0 radical (unpaired) electrons. The zero-order valence-electron chi connectivity index (χ0n) is 8.88. The molecule has 1 N–H and O–H groups in total. The first-order valence-electron chi connectivity index (χ1n) is 5.19. The molecular formula is C10H17F2NO2. The van der Waals surface area contributed by atoms with Gasteiger partial charge in [-0.2, -0.15) is 0 Å². The summed E-state index contributed by atoms with van der Waals surface area (Å²) in [6.45, 7) is 2.66. The molecule has 1 aliphatic rings. The van der Waals surface area contributed by atoms with E-state index in [9.17, 15) is 13.6 Å². The van der Waals surface area contributed by atoms with Gasteiger partial charge in [0, 0.05) is 25.9 Å². The van der Waals surface area contributed by atoms with Crippen LogP contribution < -0.4 is 0 Å². The lowest BCUT2D eigenvalue weighted by Crippen LogP contribution is -2.27. The van der Waals surface area contributed by atoms with Crippen LogP contribution in [0.3, 0.4) is 0 Å². The summed E-state index contributed by atoms with van der Waals surface area (Å²) in [5.74, 6) is -3.29. The Morgan fingerprint density at radius 2 is 2.27 bits per heavy atom. The van der Waals surface area contributed by atoms with Crippen LogP contribution in [0.2, 0.25) is 0 Å². The number of nitrogens with zero attached hydrogens (tertiary/aromatic N) is 1. The van der Waals surface area contributed by atoms with Crippen LogP contribution in [0, 0.1) is 5.92 Å². The van der Waals surface area contributed by atoms with E-state index < -0.39 is 11.9 Å². The highest BCUT2D eigenvalue weighted by atomic mass is 19.3. The van der Waals surface area contributed by atoms with E-state index in [-0.39, 0.29) is 18.8 Å². The van der Waals surface area contributed by atoms with E-state index in [1.165, 1.54) is 0 Å². The van der Waals surface area contributed by atoms with Crippen molar-refractivity contribution in [2.75, 3.05) is 19.6 Å². The molecule has 15 heavy (non-hydrogen) atoms. The number of halogens is 2. The van der Waals surface area contributed by atoms with Crippen LogP contribution in [-0.2, 0) is 4.79 Å². The highest BCUT2D eigenvalue weighted by Crippen LogP contribution is 2.22. The molecule has 5 heteroatoms. The summed E-state index contributed by atoms with van der Waals surface area (Å²) in [6, 6.07) is 0. The fourth-order valence-electron chi connectivity index (χ4n) is 1.88. The molecule has 88 valence electrons. The molecule has 0 saturated carbocycles. The van der Waals surface area contributed by atoms with Gasteiger partial charge in [0.15, 0.2) is 0 Å². The minimum Gasteiger partial charge on any atom is -0.481 e. The smallest absolute Gasteiger partial charge is 0.303 e. The lowest BCUT2D eigenvalue weighted by atomic mass is 10.1.